The minimum absolute atomic E-state index is 0.356. The van der Waals surface area contributed by atoms with Crippen LogP contribution in [0.15, 0.2) is 18.2 Å². The molecule has 0 bridgehead atoms. The van der Waals surface area contributed by atoms with Gasteiger partial charge in [0, 0.05) is 6.54 Å². The highest BCUT2D eigenvalue weighted by Crippen LogP contribution is 2.30. The van der Waals surface area contributed by atoms with Crippen molar-refractivity contribution in [2.45, 2.75) is 13.3 Å². The number of hydrogen-bond donors (Lipinski definition) is 1. The predicted molar refractivity (Wildman–Crippen MR) is 73.6 cm³/mol. The van der Waals surface area contributed by atoms with Gasteiger partial charge in [-0.15, -0.1) is 0 Å². The van der Waals surface area contributed by atoms with Crippen molar-refractivity contribution in [1.82, 2.24) is 0 Å². The maximum absolute atomic E-state index is 11.8. The van der Waals surface area contributed by atoms with E-state index in [1.54, 1.807) is 12.1 Å². The molecule has 0 atom stereocenters. The van der Waals surface area contributed by atoms with Crippen molar-refractivity contribution < 1.29 is 13.2 Å². The van der Waals surface area contributed by atoms with Crippen LogP contribution in [-0.2, 0) is 10.0 Å². The molecule has 0 saturated carbocycles. The Morgan fingerprint density at radius 2 is 2.06 bits per heavy atom. The molecule has 6 heteroatoms. The summed E-state index contributed by atoms with van der Waals surface area (Å²) in [5.74, 6) is 0.544. The summed E-state index contributed by atoms with van der Waals surface area (Å²) in [4.78, 5) is 0. The summed E-state index contributed by atoms with van der Waals surface area (Å²) in [6, 6.07) is 5.45. The first-order valence-corrected chi connectivity index (χ1v) is 7.57. The van der Waals surface area contributed by atoms with Crippen LogP contribution in [0.4, 0.5) is 5.69 Å². The highest BCUT2D eigenvalue weighted by atomic mass is 32.2. The van der Waals surface area contributed by atoms with Crippen molar-refractivity contribution in [2.75, 3.05) is 30.8 Å². The van der Waals surface area contributed by atoms with E-state index >= 15 is 0 Å². The number of benzene rings is 1. The number of anilines is 1. The number of hydrogen-bond acceptors (Lipinski definition) is 4. The quantitative estimate of drug-likeness (QED) is 0.842. The topological polar surface area (TPSA) is 72.6 Å². The van der Waals surface area contributed by atoms with E-state index in [2.05, 4.69) is 0 Å². The molecule has 0 amide bonds. The number of aryl methyl sites for hydroxylation is 1. The van der Waals surface area contributed by atoms with E-state index in [1.165, 1.54) is 17.7 Å². The maximum atomic E-state index is 11.8. The Labute approximate surface area is 109 Å². The van der Waals surface area contributed by atoms with Gasteiger partial charge in [-0.25, -0.2) is 8.42 Å². The van der Waals surface area contributed by atoms with Crippen molar-refractivity contribution in [1.29, 1.82) is 0 Å². The SMILES string of the molecule is COc1ccc(C)cc1N(CCCN)S(C)(=O)=O. The number of ether oxygens (including phenoxy) is 1. The second-order valence-corrected chi connectivity index (χ2v) is 6.06. The van der Waals surface area contributed by atoms with E-state index in [0.29, 0.717) is 30.9 Å². The minimum Gasteiger partial charge on any atom is -0.495 e. The average molecular weight is 272 g/mol. The number of rotatable bonds is 6. The number of nitrogens with two attached hydrogens (primary N) is 1. The molecule has 0 radical (unpaired) electrons. The molecule has 0 aliphatic carbocycles. The molecule has 1 aromatic rings. The summed E-state index contributed by atoms with van der Waals surface area (Å²) < 4.78 is 30.3. The molecule has 0 aliphatic heterocycles. The molecule has 0 aromatic heterocycles. The summed E-state index contributed by atoms with van der Waals surface area (Å²) in [6.07, 6.45) is 1.79. The van der Waals surface area contributed by atoms with Gasteiger partial charge in [0.05, 0.1) is 19.1 Å². The molecule has 0 unspecified atom stereocenters. The van der Waals surface area contributed by atoms with Crippen LogP contribution in [0, 0.1) is 6.92 Å². The van der Waals surface area contributed by atoms with E-state index in [0.717, 1.165) is 5.56 Å². The molecule has 0 fully saturated rings. The van der Waals surface area contributed by atoms with E-state index in [1.807, 2.05) is 13.0 Å². The van der Waals surface area contributed by atoms with Gasteiger partial charge in [-0.2, -0.15) is 0 Å². The highest BCUT2D eigenvalue weighted by Gasteiger charge is 2.20. The average Bonchev–Trinajstić information content (AvgIpc) is 2.28. The number of sulfonamides is 1. The fourth-order valence-electron chi connectivity index (χ4n) is 1.69. The van der Waals surface area contributed by atoms with Gasteiger partial charge in [0.15, 0.2) is 0 Å². The van der Waals surface area contributed by atoms with Gasteiger partial charge in [-0.1, -0.05) is 6.07 Å². The minimum atomic E-state index is -3.34. The molecule has 5 nitrogen and oxygen atoms in total. The zero-order valence-electron chi connectivity index (χ0n) is 11.0. The molecule has 0 heterocycles. The third-order valence-electron chi connectivity index (χ3n) is 2.57. The van der Waals surface area contributed by atoms with Crippen molar-refractivity contribution in [3.63, 3.8) is 0 Å². The lowest BCUT2D eigenvalue weighted by molar-refractivity contribution is 0.415. The third kappa shape index (κ3) is 3.61. The second kappa shape index (κ2) is 6.06. The maximum Gasteiger partial charge on any atom is 0.232 e. The molecular formula is C12H20N2O3S. The van der Waals surface area contributed by atoms with E-state index < -0.39 is 10.0 Å². The van der Waals surface area contributed by atoms with Gasteiger partial charge < -0.3 is 10.5 Å². The molecule has 2 N–H and O–H groups in total. The summed E-state index contributed by atoms with van der Waals surface area (Å²) in [7, 11) is -1.82. The van der Waals surface area contributed by atoms with Gasteiger partial charge in [-0.3, -0.25) is 4.31 Å². The summed E-state index contributed by atoms with van der Waals surface area (Å²) >= 11 is 0. The lowest BCUT2D eigenvalue weighted by Crippen LogP contribution is -2.32. The van der Waals surface area contributed by atoms with Crippen LogP contribution in [0.3, 0.4) is 0 Å². The predicted octanol–water partition coefficient (Wildman–Crippen LogP) is 1.12. The van der Waals surface area contributed by atoms with Gasteiger partial charge in [0.2, 0.25) is 10.0 Å². The van der Waals surface area contributed by atoms with Gasteiger partial charge in [-0.05, 0) is 37.6 Å². The van der Waals surface area contributed by atoms with E-state index in [9.17, 15) is 8.42 Å². The fraction of sp³-hybridized carbons (Fsp3) is 0.500. The molecule has 0 spiro atoms. The highest BCUT2D eigenvalue weighted by molar-refractivity contribution is 7.92. The normalized spacial score (nSPS) is 11.3. The Balaban J connectivity index is 3.23. The van der Waals surface area contributed by atoms with Crippen LogP contribution >= 0.6 is 0 Å². The largest absolute Gasteiger partial charge is 0.495 e. The lowest BCUT2D eigenvalue weighted by Gasteiger charge is -2.24. The van der Waals surface area contributed by atoms with Crippen molar-refractivity contribution in [3.05, 3.63) is 23.8 Å². The zero-order chi connectivity index (χ0) is 13.8. The standard InChI is InChI=1S/C12H20N2O3S/c1-10-5-6-12(17-2)11(9-10)14(8-4-7-13)18(3,15)16/h5-6,9H,4,7-8,13H2,1-3H3. The molecule has 0 aliphatic rings. The lowest BCUT2D eigenvalue weighted by atomic mass is 10.2. The molecule has 1 rings (SSSR count). The van der Waals surface area contributed by atoms with E-state index in [4.69, 9.17) is 10.5 Å². The van der Waals surface area contributed by atoms with Crippen molar-refractivity contribution in [3.8, 4) is 5.75 Å². The van der Waals surface area contributed by atoms with Crippen LogP contribution in [0.1, 0.15) is 12.0 Å². The summed E-state index contributed by atoms with van der Waals surface area (Å²) in [5, 5.41) is 0. The monoisotopic (exact) mass is 272 g/mol. The fourth-order valence-corrected chi connectivity index (χ4v) is 2.66. The third-order valence-corrected chi connectivity index (χ3v) is 3.75. The Hall–Kier alpha value is -1.27. The van der Waals surface area contributed by atoms with Gasteiger partial charge in [0.25, 0.3) is 0 Å². The van der Waals surface area contributed by atoms with Crippen LogP contribution in [0.5, 0.6) is 5.75 Å². The summed E-state index contributed by atoms with van der Waals surface area (Å²) in [6.45, 7) is 2.71. The first-order valence-electron chi connectivity index (χ1n) is 5.72. The molecule has 0 saturated heterocycles. The zero-order valence-corrected chi connectivity index (χ0v) is 11.8. The van der Waals surface area contributed by atoms with Crippen LogP contribution in [0.2, 0.25) is 0 Å². The van der Waals surface area contributed by atoms with Crippen LogP contribution in [0.25, 0.3) is 0 Å². The molecule has 102 valence electrons. The summed E-state index contributed by atoms with van der Waals surface area (Å²) in [5.41, 5.74) is 6.99. The van der Waals surface area contributed by atoms with Crippen LogP contribution < -0.4 is 14.8 Å². The number of methoxy groups -OCH3 is 1. The van der Waals surface area contributed by atoms with Crippen molar-refractivity contribution >= 4 is 15.7 Å². The Kier molecular flexibility index (Phi) is 4.98. The molecular weight excluding hydrogens is 252 g/mol. The van der Waals surface area contributed by atoms with E-state index in [-0.39, 0.29) is 0 Å². The molecule has 1 aromatic carbocycles. The molecule has 18 heavy (non-hydrogen) atoms. The smallest absolute Gasteiger partial charge is 0.232 e. The van der Waals surface area contributed by atoms with Gasteiger partial charge in [0.1, 0.15) is 5.75 Å². The Bertz CT molecular complexity index is 500. The number of nitrogens with zero attached hydrogens (tertiary/aromatic N) is 1. The second-order valence-electron chi connectivity index (χ2n) is 4.15. The Morgan fingerprint density at radius 1 is 1.39 bits per heavy atom. The first-order chi connectivity index (χ1) is 8.40. The van der Waals surface area contributed by atoms with Gasteiger partial charge >= 0.3 is 0 Å². The Morgan fingerprint density at radius 3 is 2.56 bits per heavy atom. The first kappa shape index (κ1) is 14.8. The van der Waals surface area contributed by atoms with Crippen LogP contribution in [-0.4, -0.2) is 34.9 Å². The van der Waals surface area contributed by atoms with Crippen molar-refractivity contribution in [2.24, 2.45) is 5.73 Å².